The molecule has 2 atom stereocenters. The Kier molecular flexibility index (Phi) is 5.46. The van der Waals surface area contributed by atoms with Gasteiger partial charge in [0.05, 0.1) is 11.1 Å². The van der Waals surface area contributed by atoms with Crippen molar-refractivity contribution in [2.75, 3.05) is 13.1 Å². The molecule has 4 rings (SSSR count). The SMILES string of the molecule is CC1(C)CCCNC1CNCc1cccc2c1C(=O)N(C1CCC(=O)NC1=O)C2=O. The van der Waals surface area contributed by atoms with Crippen LogP contribution in [0.3, 0.4) is 0 Å². The Morgan fingerprint density at radius 3 is 2.70 bits per heavy atom. The highest BCUT2D eigenvalue weighted by Crippen LogP contribution is 2.31. The lowest BCUT2D eigenvalue weighted by Gasteiger charge is -2.39. The van der Waals surface area contributed by atoms with E-state index in [1.807, 2.05) is 6.07 Å². The fourth-order valence-electron chi connectivity index (χ4n) is 4.70. The molecule has 1 aromatic carbocycles. The average Bonchev–Trinajstić information content (AvgIpc) is 2.95. The van der Waals surface area contributed by atoms with Crippen molar-refractivity contribution < 1.29 is 19.2 Å². The van der Waals surface area contributed by atoms with Crippen LogP contribution < -0.4 is 16.0 Å². The maximum Gasteiger partial charge on any atom is 0.262 e. The van der Waals surface area contributed by atoms with Crippen LogP contribution in [-0.2, 0) is 16.1 Å². The maximum atomic E-state index is 13.1. The van der Waals surface area contributed by atoms with E-state index < -0.39 is 23.8 Å². The predicted molar refractivity (Wildman–Crippen MR) is 110 cm³/mol. The molecule has 0 saturated carbocycles. The van der Waals surface area contributed by atoms with E-state index in [4.69, 9.17) is 0 Å². The molecule has 3 aliphatic heterocycles. The third-order valence-electron chi connectivity index (χ3n) is 6.55. The number of piperidine rings is 2. The van der Waals surface area contributed by atoms with Gasteiger partial charge >= 0.3 is 0 Å². The molecule has 0 bridgehead atoms. The van der Waals surface area contributed by atoms with E-state index in [-0.39, 0.29) is 24.2 Å². The lowest BCUT2D eigenvalue weighted by molar-refractivity contribution is -0.136. The van der Waals surface area contributed by atoms with Crippen molar-refractivity contribution in [2.24, 2.45) is 5.41 Å². The average molecular weight is 412 g/mol. The largest absolute Gasteiger partial charge is 0.312 e. The zero-order chi connectivity index (χ0) is 21.5. The van der Waals surface area contributed by atoms with Gasteiger partial charge in [-0.15, -0.1) is 0 Å². The van der Waals surface area contributed by atoms with E-state index in [1.54, 1.807) is 12.1 Å². The first kappa shape index (κ1) is 20.7. The minimum absolute atomic E-state index is 0.113. The first-order chi connectivity index (χ1) is 14.3. The molecule has 3 aliphatic rings. The first-order valence-electron chi connectivity index (χ1n) is 10.6. The van der Waals surface area contributed by atoms with E-state index in [0.717, 1.165) is 23.6 Å². The number of fused-ring (bicyclic) bond motifs is 1. The number of amides is 4. The minimum atomic E-state index is -0.942. The molecule has 0 aromatic heterocycles. The number of nitrogens with one attached hydrogen (secondary N) is 3. The molecule has 1 aromatic rings. The highest BCUT2D eigenvalue weighted by atomic mass is 16.2. The molecule has 0 aliphatic carbocycles. The number of carbonyl (C=O) groups is 4. The van der Waals surface area contributed by atoms with Crippen molar-refractivity contribution in [3.63, 3.8) is 0 Å². The monoisotopic (exact) mass is 412 g/mol. The van der Waals surface area contributed by atoms with E-state index in [2.05, 4.69) is 29.8 Å². The Balaban J connectivity index is 1.49. The van der Waals surface area contributed by atoms with E-state index in [1.165, 1.54) is 12.8 Å². The smallest absolute Gasteiger partial charge is 0.262 e. The predicted octanol–water partition coefficient (Wildman–Crippen LogP) is 0.956. The summed E-state index contributed by atoms with van der Waals surface area (Å²) in [5.41, 5.74) is 1.61. The third-order valence-corrected chi connectivity index (χ3v) is 6.55. The Morgan fingerprint density at radius 1 is 1.17 bits per heavy atom. The number of nitrogens with zero attached hydrogens (tertiary/aromatic N) is 1. The number of rotatable bonds is 5. The third kappa shape index (κ3) is 3.65. The molecule has 0 spiro atoms. The Hall–Kier alpha value is -2.58. The topological polar surface area (TPSA) is 108 Å². The highest BCUT2D eigenvalue weighted by Gasteiger charge is 2.45. The van der Waals surface area contributed by atoms with Crippen LogP contribution in [0.2, 0.25) is 0 Å². The van der Waals surface area contributed by atoms with Crippen LogP contribution in [0.15, 0.2) is 18.2 Å². The van der Waals surface area contributed by atoms with E-state index in [0.29, 0.717) is 23.7 Å². The molecule has 3 N–H and O–H groups in total. The van der Waals surface area contributed by atoms with Gasteiger partial charge in [-0.3, -0.25) is 29.4 Å². The summed E-state index contributed by atoms with van der Waals surface area (Å²) in [7, 11) is 0. The van der Waals surface area contributed by atoms with Gasteiger partial charge < -0.3 is 10.6 Å². The summed E-state index contributed by atoms with van der Waals surface area (Å²) >= 11 is 0. The van der Waals surface area contributed by atoms with Crippen LogP contribution in [0.1, 0.15) is 65.8 Å². The van der Waals surface area contributed by atoms with Crippen LogP contribution in [0.25, 0.3) is 0 Å². The van der Waals surface area contributed by atoms with Crippen molar-refractivity contribution in [3.05, 3.63) is 34.9 Å². The molecule has 0 radical (unpaired) electrons. The fraction of sp³-hybridized carbons (Fsp3) is 0.545. The van der Waals surface area contributed by atoms with Crippen molar-refractivity contribution in [3.8, 4) is 0 Å². The molecule has 2 fully saturated rings. The second-order valence-electron chi connectivity index (χ2n) is 9.02. The standard InChI is InChI=1S/C22H28N4O4/c1-22(2)9-4-10-24-16(22)12-23-11-13-5-3-6-14-18(13)21(30)26(20(14)29)15-7-8-17(27)25-19(15)28/h3,5-6,15-16,23-24H,4,7-12H2,1-2H3,(H,25,27,28). The first-order valence-corrected chi connectivity index (χ1v) is 10.6. The van der Waals surface area contributed by atoms with E-state index in [9.17, 15) is 19.2 Å². The van der Waals surface area contributed by atoms with Crippen LogP contribution in [-0.4, -0.2) is 53.7 Å². The van der Waals surface area contributed by atoms with Crippen molar-refractivity contribution in [1.82, 2.24) is 20.9 Å². The second-order valence-corrected chi connectivity index (χ2v) is 9.02. The van der Waals surface area contributed by atoms with Crippen LogP contribution in [0.5, 0.6) is 0 Å². The molecule has 2 unspecified atom stereocenters. The van der Waals surface area contributed by atoms with Crippen LogP contribution in [0, 0.1) is 5.41 Å². The number of benzene rings is 1. The van der Waals surface area contributed by atoms with Gasteiger partial charge in [0.2, 0.25) is 11.8 Å². The molecule has 2 saturated heterocycles. The van der Waals surface area contributed by atoms with Crippen LogP contribution in [0.4, 0.5) is 0 Å². The number of hydrogen-bond acceptors (Lipinski definition) is 6. The summed E-state index contributed by atoms with van der Waals surface area (Å²) in [6.45, 7) is 6.73. The van der Waals surface area contributed by atoms with Crippen molar-refractivity contribution >= 4 is 23.6 Å². The van der Waals surface area contributed by atoms with Crippen LogP contribution >= 0.6 is 0 Å². The molecule has 3 heterocycles. The summed E-state index contributed by atoms with van der Waals surface area (Å²) in [4.78, 5) is 50.7. The number of imide groups is 2. The molecular formula is C22H28N4O4. The lowest BCUT2D eigenvalue weighted by Crippen LogP contribution is -2.54. The van der Waals surface area contributed by atoms with Gasteiger partial charge in [-0.1, -0.05) is 26.0 Å². The number of carbonyl (C=O) groups excluding carboxylic acids is 4. The Morgan fingerprint density at radius 2 is 1.97 bits per heavy atom. The molecular weight excluding hydrogens is 384 g/mol. The quantitative estimate of drug-likeness (QED) is 0.622. The Bertz CT molecular complexity index is 910. The summed E-state index contributed by atoms with van der Waals surface area (Å²) in [6.07, 6.45) is 2.61. The summed E-state index contributed by atoms with van der Waals surface area (Å²) < 4.78 is 0. The highest BCUT2D eigenvalue weighted by molar-refractivity contribution is 6.24. The molecule has 30 heavy (non-hydrogen) atoms. The van der Waals surface area contributed by atoms with Gasteiger partial charge in [0, 0.05) is 25.6 Å². The van der Waals surface area contributed by atoms with Gasteiger partial charge in [0.15, 0.2) is 0 Å². The van der Waals surface area contributed by atoms with Gasteiger partial charge in [0.25, 0.3) is 11.8 Å². The molecule has 4 amide bonds. The van der Waals surface area contributed by atoms with Crippen molar-refractivity contribution in [2.45, 2.75) is 58.2 Å². The second kappa shape index (κ2) is 7.92. The molecule has 8 heteroatoms. The number of hydrogen-bond donors (Lipinski definition) is 3. The summed E-state index contributed by atoms with van der Waals surface area (Å²) in [5.74, 6) is -1.90. The van der Waals surface area contributed by atoms with E-state index >= 15 is 0 Å². The normalized spacial score (nSPS) is 26.0. The van der Waals surface area contributed by atoms with Gasteiger partial charge in [-0.2, -0.15) is 0 Å². The molecule has 8 nitrogen and oxygen atoms in total. The van der Waals surface area contributed by atoms with Gasteiger partial charge in [0.1, 0.15) is 6.04 Å². The Labute approximate surface area is 175 Å². The zero-order valence-corrected chi connectivity index (χ0v) is 17.4. The minimum Gasteiger partial charge on any atom is -0.312 e. The molecule has 160 valence electrons. The zero-order valence-electron chi connectivity index (χ0n) is 17.4. The van der Waals surface area contributed by atoms with Crippen molar-refractivity contribution in [1.29, 1.82) is 0 Å². The van der Waals surface area contributed by atoms with Gasteiger partial charge in [-0.05, 0) is 42.9 Å². The summed E-state index contributed by atoms with van der Waals surface area (Å²) in [5, 5.41) is 9.21. The fourth-order valence-corrected chi connectivity index (χ4v) is 4.70. The van der Waals surface area contributed by atoms with Gasteiger partial charge in [-0.25, -0.2) is 0 Å². The summed E-state index contributed by atoms with van der Waals surface area (Å²) in [6, 6.07) is 4.61. The lowest BCUT2D eigenvalue weighted by atomic mass is 9.77. The maximum absolute atomic E-state index is 13.1.